The molecule has 0 radical (unpaired) electrons. The molecule has 136 valence electrons. The molecule has 6 nitrogen and oxygen atoms in total. The van der Waals surface area contributed by atoms with Crippen LogP contribution in [-0.2, 0) is 14.8 Å². The summed E-state index contributed by atoms with van der Waals surface area (Å²) in [5.41, 5.74) is 3.60. The fourth-order valence-electron chi connectivity index (χ4n) is 2.99. The smallest absolute Gasteiger partial charge is 0.262 e. The van der Waals surface area contributed by atoms with Gasteiger partial charge in [0.05, 0.1) is 20.8 Å². The molecule has 0 aliphatic carbocycles. The molecule has 0 unspecified atom stereocenters. The van der Waals surface area contributed by atoms with Crippen molar-refractivity contribution in [2.75, 3.05) is 10.0 Å². The molecule has 2 aromatic carbocycles. The number of amides is 1. The molecule has 0 aliphatic heterocycles. The summed E-state index contributed by atoms with van der Waals surface area (Å²) in [6.45, 7) is 6.94. The summed E-state index contributed by atoms with van der Waals surface area (Å²) < 4.78 is 29.1. The van der Waals surface area contributed by atoms with Crippen LogP contribution in [0.15, 0.2) is 35.2 Å². The van der Waals surface area contributed by atoms with Crippen LogP contribution in [0.4, 0.5) is 10.8 Å². The summed E-state index contributed by atoms with van der Waals surface area (Å²) in [5.74, 6) is -0.199. The number of fused-ring (bicyclic) bond motifs is 1. The highest BCUT2D eigenvalue weighted by Crippen LogP contribution is 2.30. The van der Waals surface area contributed by atoms with Crippen LogP contribution >= 0.6 is 11.3 Å². The first-order chi connectivity index (χ1) is 12.2. The summed E-state index contributed by atoms with van der Waals surface area (Å²) in [6.07, 6.45) is 0. The van der Waals surface area contributed by atoms with Crippen molar-refractivity contribution < 1.29 is 13.2 Å². The van der Waals surface area contributed by atoms with Crippen molar-refractivity contribution in [2.24, 2.45) is 0 Å². The van der Waals surface area contributed by atoms with Gasteiger partial charge in [-0.1, -0.05) is 29.0 Å². The number of hydrogen-bond donors (Lipinski definition) is 2. The molecule has 0 fully saturated rings. The molecular formula is C18H19N3O3S2. The highest BCUT2D eigenvalue weighted by Gasteiger charge is 2.20. The van der Waals surface area contributed by atoms with E-state index in [0.29, 0.717) is 32.4 Å². The van der Waals surface area contributed by atoms with E-state index in [9.17, 15) is 13.2 Å². The first-order valence-corrected chi connectivity index (χ1v) is 10.2. The molecule has 1 amide bonds. The molecule has 0 spiro atoms. The number of carbonyl (C=O) groups excluding carboxylic acids is 1. The Kier molecular flexibility index (Phi) is 4.72. The van der Waals surface area contributed by atoms with Gasteiger partial charge in [-0.05, 0) is 50.1 Å². The van der Waals surface area contributed by atoms with Gasteiger partial charge >= 0.3 is 0 Å². The second-order valence-electron chi connectivity index (χ2n) is 6.22. The lowest BCUT2D eigenvalue weighted by atomic mass is 10.1. The third kappa shape index (κ3) is 3.71. The first-order valence-electron chi connectivity index (χ1n) is 7.94. The van der Waals surface area contributed by atoms with Crippen molar-refractivity contribution in [3.05, 3.63) is 47.0 Å². The Morgan fingerprint density at radius 2 is 1.73 bits per heavy atom. The van der Waals surface area contributed by atoms with E-state index in [1.165, 1.54) is 18.3 Å². The summed E-state index contributed by atoms with van der Waals surface area (Å²) >= 11 is 1.29. The minimum atomic E-state index is -3.71. The van der Waals surface area contributed by atoms with Gasteiger partial charge in [0.1, 0.15) is 0 Å². The number of benzene rings is 2. The monoisotopic (exact) mass is 389 g/mol. The Morgan fingerprint density at radius 3 is 2.35 bits per heavy atom. The molecule has 3 aromatic rings. The highest BCUT2D eigenvalue weighted by atomic mass is 32.2. The summed E-state index contributed by atoms with van der Waals surface area (Å²) in [6, 6.07) is 8.82. The molecule has 2 N–H and O–H groups in total. The summed E-state index contributed by atoms with van der Waals surface area (Å²) in [4.78, 5) is 15.7. The minimum absolute atomic E-state index is 0.199. The average Bonchev–Trinajstić information content (AvgIpc) is 2.85. The van der Waals surface area contributed by atoms with Gasteiger partial charge in [0, 0.05) is 6.92 Å². The van der Waals surface area contributed by atoms with E-state index in [0.717, 1.165) is 10.3 Å². The van der Waals surface area contributed by atoms with Crippen molar-refractivity contribution >= 4 is 48.3 Å². The number of nitrogens with zero attached hydrogens (tertiary/aromatic N) is 1. The lowest BCUT2D eigenvalue weighted by Crippen LogP contribution is -2.15. The number of hydrogen-bond acceptors (Lipinski definition) is 5. The average molecular weight is 390 g/mol. The summed E-state index contributed by atoms with van der Waals surface area (Å²) in [7, 11) is -3.71. The van der Waals surface area contributed by atoms with Gasteiger partial charge in [-0.25, -0.2) is 13.4 Å². The lowest BCUT2D eigenvalue weighted by molar-refractivity contribution is -0.114. The van der Waals surface area contributed by atoms with Crippen molar-refractivity contribution in [2.45, 2.75) is 32.6 Å². The second-order valence-corrected chi connectivity index (χ2v) is 8.87. The third-order valence-corrected chi connectivity index (χ3v) is 6.42. The molecule has 0 bridgehead atoms. The predicted molar refractivity (Wildman–Crippen MR) is 105 cm³/mol. The van der Waals surface area contributed by atoms with Crippen LogP contribution in [0.5, 0.6) is 0 Å². The minimum Gasteiger partial charge on any atom is -0.302 e. The van der Waals surface area contributed by atoms with Crippen LogP contribution < -0.4 is 10.0 Å². The Hall–Kier alpha value is -2.45. The molecule has 1 aromatic heterocycles. The fourth-order valence-corrected chi connectivity index (χ4v) is 5.45. The number of carbonyl (C=O) groups is 1. The molecule has 0 atom stereocenters. The van der Waals surface area contributed by atoms with Gasteiger partial charge in [-0.15, -0.1) is 0 Å². The van der Waals surface area contributed by atoms with Gasteiger partial charge in [0.2, 0.25) is 5.91 Å². The van der Waals surface area contributed by atoms with E-state index >= 15 is 0 Å². The SMILES string of the molecule is CC(=O)Nc1nc2ccc(NS(=O)(=O)c3c(C)cc(C)cc3C)cc2s1. The van der Waals surface area contributed by atoms with Crippen molar-refractivity contribution in [1.82, 2.24) is 4.98 Å². The van der Waals surface area contributed by atoms with Gasteiger partial charge in [0.15, 0.2) is 5.13 Å². The molecule has 8 heteroatoms. The number of nitrogens with one attached hydrogen (secondary N) is 2. The Balaban J connectivity index is 1.96. The van der Waals surface area contributed by atoms with Crippen molar-refractivity contribution in [1.29, 1.82) is 0 Å². The maximum atomic E-state index is 12.9. The van der Waals surface area contributed by atoms with Gasteiger partial charge in [-0.2, -0.15) is 0 Å². The largest absolute Gasteiger partial charge is 0.302 e. The number of sulfonamides is 1. The maximum absolute atomic E-state index is 12.9. The number of rotatable bonds is 4. The van der Waals surface area contributed by atoms with Crippen LogP contribution in [0, 0.1) is 20.8 Å². The van der Waals surface area contributed by atoms with E-state index in [1.54, 1.807) is 32.0 Å². The molecule has 0 aliphatic rings. The Morgan fingerprint density at radius 1 is 1.08 bits per heavy atom. The van der Waals surface area contributed by atoms with Gasteiger partial charge < -0.3 is 5.32 Å². The van der Waals surface area contributed by atoms with Crippen LogP contribution in [0.1, 0.15) is 23.6 Å². The lowest BCUT2D eigenvalue weighted by Gasteiger charge is -2.14. The van der Waals surface area contributed by atoms with E-state index in [1.807, 2.05) is 19.1 Å². The van der Waals surface area contributed by atoms with Crippen LogP contribution in [0.2, 0.25) is 0 Å². The van der Waals surface area contributed by atoms with Gasteiger partial charge in [0.25, 0.3) is 10.0 Å². The molecule has 26 heavy (non-hydrogen) atoms. The fraction of sp³-hybridized carbons (Fsp3) is 0.222. The first kappa shape index (κ1) is 18.3. The Bertz CT molecular complexity index is 1090. The number of anilines is 2. The Labute approximate surface area is 156 Å². The number of aryl methyl sites for hydroxylation is 3. The highest BCUT2D eigenvalue weighted by molar-refractivity contribution is 7.92. The summed E-state index contributed by atoms with van der Waals surface area (Å²) in [5, 5.41) is 3.12. The quantitative estimate of drug-likeness (QED) is 0.706. The van der Waals surface area contributed by atoms with Crippen LogP contribution in [0.25, 0.3) is 10.2 Å². The zero-order valence-corrected chi connectivity index (χ0v) is 16.5. The molecular weight excluding hydrogens is 370 g/mol. The zero-order valence-electron chi connectivity index (χ0n) is 14.9. The molecule has 1 heterocycles. The third-order valence-electron chi connectivity index (χ3n) is 3.80. The van der Waals surface area contributed by atoms with E-state index in [2.05, 4.69) is 15.0 Å². The second kappa shape index (κ2) is 6.69. The normalized spacial score (nSPS) is 11.5. The van der Waals surface area contributed by atoms with Crippen LogP contribution in [-0.4, -0.2) is 19.3 Å². The van der Waals surface area contributed by atoms with Crippen LogP contribution in [0.3, 0.4) is 0 Å². The number of thiazole rings is 1. The molecule has 0 saturated carbocycles. The van der Waals surface area contributed by atoms with Crippen molar-refractivity contribution in [3.63, 3.8) is 0 Å². The van der Waals surface area contributed by atoms with Gasteiger partial charge in [-0.3, -0.25) is 9.52 Å². The maximum Gasteiger partial charge on any atom is 0.262 e. The van der Waals surface area contributed by atoms with E-state index < -0.39 is 10.0 Å². The number of aromatic nitrogens is 1. The zero-order chi connectivity index (χ0) is 19.1. The van der Waals surface area contributed by atoms with E-state index in [4.69, 9.17) is 0 Å². The molecule has 3 rings (SSSR count). The van der Waals surface area contributed by atoms with Crippen molar-refractivity contribution in [3.8, 4) is 0 Å². The standard InChI is InChI=1S/C18H19N3O3S2/c1-10-7-11(2)17(12(3)8-10)26(23,24)21-14-5-6-15-16(9-14)25-18(20-15)19-13(4)22/h5-9,21H,1-4H3,(H,19,20,22). The van der Waals surface area contributed by atoms with E-state index in [-0.39, 0.29) is 5.91 Å². The topological polar surface area (TPSA) is 88.2 Å². The molecule has 0 saturated heterocycles. The predicted octanol–water partition coefficient (Wildman–Crippen LogP) is 3.98.